The molecule has 0 unspecified atom stereocenters. The van der Waals surface area contributed by atoms with Crippen molar-refractivity contribution in [2.24, 2.45) is 0 Å². The number of fused-ring (bicyclic) bond motifs is 1. The maximum atomic E-state index is 5.90. The molecule has 0 bridgehead atoms. The van der Waals surface area contributed by atoms with Gasteiger partial charge in [-0.05, 0) is 46.8 Å². The molecule has 0 radical (unpaired) electrons. The normalized spacial score (nSPS) is 11.2. The minimum atomic E-state index is 0.649. The Morgan fingerprint density at radius 1 is 1.00 bits per heavy atom. The summed E-state index contributed by atoms with van der Waals surface area (Å²) in [6, 6.07) is 14.2. The predicted octanol–water partition coefficient (Wildman–Crippen LogP) is 3.93. The average molecular weight is 264 g/mol. The summed E-state index contributed by atoms with van der Waals surface area (Å²) in [6.07, 6.45) is 6.07. The average Bonchev–Trinajstić information content (AvgIpc) is 2.92. The van der Waals surface area contributed by atoms with Gasteiger partial charge in [-0.3, -0.25) is 0 Å². The minimum Gasteiger partial charge on any atom is -0.495 e. The van der Waals surface area contributed by atoms with Gasteiger partial charge in [-0.25, -0.2) is 0 Å². The maximum Gasteiger partial charge on any atom is 0.141 e. The fraction of sp³-hybridized carbons (Fsp3) is 0.0588. The lowest BCUT2D eigenvalue weighted by Gasteiger charge is -2.04. The molecule has 3 N–H and O–H groups in total. The summed E-state index contributed by atoms with van der Waals surface area (Å²) in [5, 5.41) is 1.21. The maximum absolute atomic E-state index is 5.90. The van der Waals surface area contributed by atoms with E-state index in [0.717, 1.165) is 16.6 Å². The van der Waals surface area contributed by atoms with E-state index >= 15 is 0 Å². The van der Waals surface area contributed by atoms with E-state index in [1.54, 1.807) is 7.11 Å². The number of hydrogen-bond donors (Lipinski definition) is 2. The first-order valence-electron chi connectivity index (χ1n) is 6.45. The second-order valence-electron chi connectivity index (χ2n) is 4.66. The van der Waals surface area contributed by atoms with Crippen molar-refractivity contribution < 1.29 is 4.74 Å². The van der Waals surface area contributed by atoms with Crippen LogP contribution in [-0.2, 0) is 0 Å². The molecule has 1 aromatic heterocycles. The Hall–Kier alpha value is -2.68. The third-order valence-electron chi connectivity index (χ3n) is 3.30. The molecule has 0 amide bonds. The molecule has 100 valence electrons. The van der Waals surface area contributed by atoms with Gasteiger partial charge in [-0.1, -0.05) is 24.3 Å². The van der Waals surface area contributed by atoms with Gasteiger partial charge in [-0.2, -0.15) is 0 Å². The standard InChI is InChI=1S/C17H16N2O/c1-20-17-7-5-13(11-15(17)18)3-2-12-4-6-16-14(10-12)8-9-19-16/h2-11,19H,18H2,1H3/b3-2-. The van der Waals surface area contributed by atoms with Crippen LogP contribution in [0.25, 0.3) is 23.1 Å². The van der Waals surface area contributed by atoms with Crippen LogP contribution in [0, 0.1) is 0 Å². The summed E-state index contributed by atoms with van der Waals surface area (Å²) < 4.78 is 5.15. The van der Waals surface area contributed by atoms with Crippen LogP contribution in [0.15, 0.2) is 48.7 Å². The number of nitrogens with one attached hydrogen (secondary N) is 1. The van der Waals surface area contributed by atoms with Crippen LogP contribution in [0.2, 0.25) is 0 Å². The Morgan fingerprint density at radius 3 is 2.50 bits per heavy atom. The molecule has 0 aliphatic carbocycles. The Bertz CT molecular complexity index is 772. The SMILES string of the molecule is COc1ccc(/C=C\c2ccc3[nH]ccc3c2)cc1N. The molecule has 0 fully saturated rings. The Kier molecular flexibility index (Phi) is 3.17. The van der Waals surface area contributed by atoms with E-state index in [1.807, 2.05) is 30.5 Å². The first-order chi connectivity index (χ1) is 9.76. The highest BCUT2D eigenvalue weighted by Gasteiger charge is 1.98. The van der Waals surface area contributed by atoms with Crippen LogP contribution in [0.5, 0.6) is 5.75 Å². The molecule has 1 heterocycles. The second-order valence-corrected chi connectivity index (χ2v) is 4.66. The zero-order chi connectivity index (χ0) is 13.9. The highest BCUT2D eigenvalue weighted by atomic mass is 16.5. The van der Waals surface area contributed by atoms with Crippen LogP contribution in [0.1, 0.15) is 11.1 Å². The van der Waals surface area contributed by atoms with Crippen molar-refractivity contribution in [3.8, 4) is 5.75 Å². The smallest absolute Gasteiger partial charge is 0.141 e. The lowest BCUT2D eigenvalue weighted by molar-refractivity contribution is 0.417. The van der Waals surface area contributed by atoms with Gasteiger partial charge in [-0.15, -0.1) is 0 Å². The van der Waals surface area contributed by atoms with Crippen LogP contribution < -0.4 is 10.5 Å². The number of methoxy groups -OCH3 is 1. The molecule has 0 saturated carbocycles. The molecule has 3 heteroatoms. The molecule has 3 aromatic rings. The van der Waals surface area contributed by atoms with Crippen molar-refractivity contribution in [1.82, 2.24) is 4.98 Å². The van der Waals surface area contributed by atoms with E-state index in [-0.39, 0.29) is 0 Å². The molecule has 20 heavy (non-hydrogen) atoms. The van der Waals surface area contributed by atoms with Crippen molar-refractivity contribution in [2.75, 3.05) is 12.8 Å². The number of hydrogen-bond acceptors (Lipinski definition) is 2. The number of nitrogen functional groups attached to an aromatic ring is 1. The second kappa shape index (κ2) is 5.13. The fourth-order valence-corrected chi connectivity index (χ4v) is 2.22. The van der Waals surface area contributed by atoms with Crippen molar-refractivity contribution in [3.05, 3.63) is 59.8 Å². The van der Waals surface area contributed by atoms with E-state index in [9.17, 15) is 0 Å². The van der Waals surface area contributed by atoms with E-state index in [1.165, 1.54) is 5.39 Å². The van der Waals surface area contributed by atoms with Gasteiger partial charge in [0.1, 0.15) is 5.75 Å². The minimum absolute atomic E-state index is 0.649. The van der Waals surface area contributed by atoms with Crippen LogP contribution in [0.4, 0.5) is 5.69 Å². The van der Waals surface area contributed by atoms with E-state index in [2.05, 4.69) is 35.3 Å². The predicted molar refractivity (Wildman–Crippen MR) is 84.6 cm³/mol. The highest BCUT2D eigenvalue weighted by molar-refractivity contribution is 5.83. The Balaban J connectivity index is 1.87. The molecule has 2 aromatic carbocycles. The molecular weight excluding hydrogens is 248 g/mol. The molecule has 0 saturated heterocycles. The summed E-state index contributed by atoms with van der Waals surface area (Å²) in [5.74, 6) is 0.705. The van der Waals surface area contributed by atoms with Gasteiger partial charge in [0, 0.05) is 11.7 Å². The number of benzene rings is 2. The zero-order valence-corrected chi connectivity index (χ0v) is 11.3. The largest absolute Gasteiger partial charge is 0.495 e. The summed E-state index contributed by atoms with van der Waals surface area (Å²) >= 11 is 0. The highest BCUT2D eigenvalue weighted by Crippen LogP contribution is 2.23. The van der Waals surface area contributed by atoms with Gasteiger partial charge < -0.3 is 15.5 Å². The van der Waals surface area contributed by atoms with Crippen molar-refractivity contribution >= 4 is 28.7 Å². The van der Waals surface area contributed by atoms with Crippen LogP contribution in [0.3, 0.4) is 0 Å². The number of aromatic amines is 1. The van der Waals surface area contributed by atoms with E-state index in [0.29, 0.717) is 11.4 Å². The lowest BCUT2D eigenvalue weighted by Crippen LogP contribution is -1.92. The monoisotopic (exact) mass is 264 g/mol. The number of rotatable bonds is 3. The van der Waals surface area contributed by atoms with Crippen LogP contribution >= 0.6 is 0 Å². The lowest BCUT2D eigenvalue weighted by atomic mass is 10.1. The first kappa shape index (κ1) is 12.4. The van der Waals surface area contributed by atoms with E-state index < -0.39 is 0 Å². The van der Waals surface area contributed by atoms with Gasteiger partial charge in [0.15, 0.2) is 0 Å². The summed E-state index contributed by atoms with van der Waals surface area (Å²) in [4.78, 5) is 3.19. The van der Waals surface area contributed by atoms with Gasteiger partial charge in [0.05, 0.1) is 12.8 Å². The van der Waals surface area contributed by atoms with Crippen molar-refractivity contribution in [3.63, 3.8) is 0 Å². The van der Waals surface area contributed by atoms with E-state index in [4.69, 9.17) is 10.5 Å². The zero-order valence-electron chi connectivity index (χ0n) is 11.3. The van der Waals surface area contributed by atoms with Gasteiger partial charge in [0.2, 0.25) is 0 Å². The Labute approximate surface area is 117 Å². The molecule has 3 rings (SSSR count). The molecule has 0 spiro atoms. The summed E-state index contributed by atoms with van der Waals surface area (Å²) in [6.45, 7) is 0. The fourth-order valence-electron chi connectivity index (χ4n) is 2.22. The quantitative estimate of drug-likeness (QED) is 0.556. The van der Waals surface area contributed by atoms with Crippen molar-refractivity contribution in [2.45, 2.75) is 0 Å². The number of H-pyrrole nitrogens is 1. The topological polar surface area (TPSA) is 51.0 Å². The molecular formula is C17H16N2O. The third kappa shape index (κ3) is 2.38. The van der Waals surface area contributed by atoms with Gasteiger partial charge in [0.25, 0.3) is 0 Å². The number of aromatic nitrogens is 1. The number of anilines is 1. The molecule has 0 atom stereocenters. The number of nitrogens with two attached hydrogens (primary N) is 1. The molecule has 0 aliphatic rings. The molecule has 3 nitrogen and oxygen atoms in total. The first-order valence-corrected chi connectivity index (χ1v) is 6.45. The van der Waals surface area contributed by atoms with Crippen LogP contribution in [-0.4, -0.2) is 12.1 Å². The van der Waals surface area contributed by atoms with Gasteiger partial charge >= 0.3 is 0 Å². The number of ether oxygens (including phenoxy) is 1. The third-order valence-corrected chi connectivity index (χ3v) is 3.30. The van der Waals surface area contributed by atoms with Crippen molar-refractivity contribution in [1.29, 1.82) is 0 Å². The summed E-state index contributed by atoms with van der Waals surface area (Å²) in [7, 11) is 1.62. The summed E-state index contributed by atoms with van der Waals surface area (Å²) in [5.41, 5.74) is 9.91. The molecule has 0 aliphatic heterocycles. The Morgan fingerprint density at radius 2 is 1.75 bits per heavy atom.